The molecule has 1 heterocycles. The lowest BCUT2D eigenvalue weighted by atomic mass is 10.4. The van der Waals surface area contributed by atoms with Crippen molar-refractivity contribution in [3.8, 4) is 0 Å². The van der Waals surface area contributed by atoms with Crippen molar-refractivity contribution in [1.29, 1.82) is 0 Å². The minimum absolute atomic E-state index is 0.0369. The Morgan fingerprint density at radius 2 is 2.19 bits per heavy atom. The van der Waals surface area contributed by atoms with E-state index in [0.717, 1.165) is 12.8 Å². The molecule has 0 saturated carbocycles. The molecule has 0 aliphatic rings. The first-order valence-corrected chi connectivity index (χ1v) is 5.90. The van der Waals surface area contributed by atoms with Crippen molar-refractivity contribution in [1.82, 2.24) is 9.55 Å². The van der Waals surface area contributed by atoms with Gasteiger partial charge in [0, 0.05) is 6.61 Å². The van der Waals surface area contributed by atoms with E-state index in [1.54, 1.807) is 0 Å². The third-order valence-electron chi connectivity index (χ3n) is 2.06. The van der Waals surface area contributed by atoms with Crippen molar-refractivity contribution in [2.75, 3.05) is 13.2 Å². The van der Waals surface area contributed by atoms with Gasteiger partial charge in [0.15, 0.2) is 5.15 Å². The third-order valence-corrected chi connectivity index (χ3v) is 2.78. The van der Waals surface area contributed by atoms with E-state index in [4.69, 9.17) is 27.9 Å². The van der Waals surface area contributed by atoms with Crippen LogP contribution in [0.2, 0.25) is 10.2 Å². The van der Waals surface area contributed by atoms with Gasteiger partial charge in [-0.1, -0.05) is 36.5 Å². The van der Waals surface area contributed by atoms with E-state index in [1.807, 2.05) is 0 Å². The predicted molar refractivity (Wildman–Crippen MR) is 64.2 cm³/mol. The van der Waals surface area contributed by atoms with Crippen LogP contribution < -0.4 is 5.56 Å². The van der Waals surface area contributed by atoms with Crippen molar-refractivity contribution in [2.24, 2.45) is 0 Å². The van der Waals surface area contributed by atoms with Crippen LogP contribution in [0.25, 0.3) is 0 Å². The Morgan fingerprint density at radius 1 is 1.44 bits per heavy atom. The number of hydrogen-bond acceptors (Lipinski definition) is 3. The quantitative estimate of drug-likeness (QED) is 0.586. The highest BCUT2D eigenvalue weighted by atomic mass is 35.5. The van der Waals surface area contributed by atoms with Crippen LogP contribution in [0, 0.1) is 0 Å². The van der Waals surface area contributed by atoms with Gasteiger partial charge in [-0.3, -0.25) is 9.36 Å². The summed E-state index contributed by atoms with van der Waals surface area (Å²) < 4.78 is 6.73. The second-order valence-electron chi connectivity index (χ2n) is 3.31. The van der Waals surface area contributed by atoms with Crippen LogP contribution in [0.4, 0.5) is 0 Å². The molecule has 0 N–H and O–H groups in total. The van der Waals surface area contributed by atoms with Gasteiger partial charge < -0.3 is 4.74 Å². The largest absolute Gasteiger partial charge is 0.380 e. The molecule has 0 saturated heterocycles. The lowest BCUT2D eigenvalue weighted by Crippen LogP contribution is -2.23. The molecule has 1 aromatic heterocycles. The number of halogens is 2. The van der Waals surface area contributed by atoms with Crippen molar-refractivity contribution >= 4 is 23.2 Å². The standard InChI is InChI=1S/C10H14Cl2N2O2/c1-2-3-5-16-6-4-14-7-13-9(12)8(11)10(14)15/h7H,2-6H2,1H3. The van der Waals surface area contributed by atoms with Crippen LogP contribution in [0.15, 0.2) is 11.1 Å². The van der Waals surface area contributed by atoms with E-state index >= 15 is 0 Å². The van der Waals surface area contributed by atoms with Gasteiger partial charge in [-0.25, -0.2) is 4.98 Å². The molecule has 0 aliphatic carbocycles. The van der Waals surface area contributed by atoms with E-state index in [0.29, 0.717) is 19.8 Å². The number of nitrogens with zero attached hydrogens (tertiary/aromatic N) is 2. The Hall–Kier alpha value is -0.580. The van der Waals surface area contributed by atoms with Gasteiger partial charge in [-0.2, -0.15) is 0 Å². The second-order valence-corrected chi connectivity index (χ2v) is 4.05. The summed E-state index contributed by atoms with van der Waals surface area (Å²) in [6.07, 6.45) is 3.49. The molecule has 0 amide bonds. The van der Waals surface area contributed by atoms with Crippen molar-refractivity contribution in [2.45, 2.75) is 26.3 Å². The molecule has 0 spiro atoms. The lowest BCUT2D eigenvalue weighted by molar-refractivity contribution is 0.122. The maximum Gasteiger partial charge on any atom is 0.273 e. The summed E-state index contributed by atoms with van der Waals surface area (Å²) in [4.78, 5) is 15.4. The molecule has 0 unspecified atom stereocenters. The van der Waals surface area contributed by atoms with Crippen molar-refractivity contribution in [3.05, 3.63) is 26.9 Å². The minimum Gasteiger partial charge on any atom is -0.380 e. The monoisotopic (exact) mass is 264 g/mol. The molecule has 0 fully saturated rings. The first kappa shape index (κ1) is 13.5. The fourth-order valence-corrected chi connectivity index (χ4v) is 1.40. The van der Waals surface area contributed by atoms with E-state index < -0.39 is 0 Å². The maximum atomic E-state index is 11.6. The van der Waals surface area contributed by atoms with E-state index in [2.05, 4.69) is 11.9 Å². The Labute approximate surface area is 104 Å². The highest BCUT2D eigenvalue weighted by Crippen LogP contribution is 2.12. The summed E-state index contributed by atoms with van der Waals surface area (Å²) in [7, 11) is 0. The molecule has 4 nitrogen and oxygen atoms in total. The number of unbranched alkanes of at least 4 members (excludes halogenated alkanes) is 1. The first-order chi connectivity index (χ1) is 7.66. The van der Waals surface area contributed by atoms with Crippen molar-refractivity contribution < 1.29 is 4.74 Å². The topological polar surface area (TPSA) is 44.1 Å². The number of rotatable bonds is 6. The van der Waals surface area contributed by atoms with Gasteiger partial charge in [0.25, 0.3) is 5.56 Å². The Balaban J connectivity index is 2.49. The van der Waals surface area contributed by atoms with Gasteiger partial charge in [0.1, 0.15) is 5.02 Å². The van der Waals surface area contributed by atoms with Gasteiger partial charge in [0.05, 0.1) is 19.5 Å². The lowest BCUT2D eigenvalue weighted by Gasteiger charge is -2.06. The zero-order valence-corrected chi connectivity index (χ0v) is 10.6. The normalized spacial score (nSPS) is 10.7. The molecule has 1 rings (SSSR count). The molecule has 0 aromatic carbocycles. The predicted octanol–water partition coefficient (Wildman–Crippen LogP) is 2.37. The average molecular weight is 265 g/mol. The van der Waals surface area contributed by atoms with Gasteiger partial charge in [-0.05, 0) is 6.42 Å². The molecule has 6 heteroatoms. The van der Waals surface area contributed by atoms with Crippen LogP contribution >= 0.6 is 23.2 Å². The minimum atomic E-state index is -0.333. The average Bonchev–Trinajstić information content (AvgIpc) is 2.28. The zero-order valence-electron chi connectivity index (χ0n) is 9.08. The summed E-state index contributed by atoms with van der Waals surface area (Å²) in [5, 5.41) is -0.00690. The first-order valence-electron chi connectivity index (χ1n) is 5.15. The SMILES string of the molecule is CCCCOCCn1cnc(Cl)c(Cl)c1=O. The highest BCUT2D eigenvalue weighted by Gasteiger charge is 2.06. The Morgan fingerprint density at radius 3 is 2.88 bits per heavy atom. The third kappa shape index (κ3) is 3.77. The van der Waals surface area contributed by atoms with Crippen LogP contribution in [0.5, 0.6) is 0 Å². The summed E-state index contributed by atoms with van der Waals surface area (Å²) in [6, 6.07) is 0. The van der Waals surface area contributed by atoms with Crippen LogP contribution in [0.1, 0.15) is 19.8 Å². The fourth-order valence-electron chi connectivity index (χ4n) is 1.11. The number of ether oxygens (including phenoxy) is 1. The van der Waals surface area contributed by atoms with E-state index in [1.165, 1.54) is 10.9 Å². The Bertz CT molecular complexity index is 393. The molecule has 0 radical (unpaired) electrons. The highest BCUT2D eigenvalue weighted by molar-refractivity contribution is 6.40. The molecular formula is C10H14Cl2N2O2. The van der Waals surface area contributed by atoms with Crippen LogP contribution in [0.3, 0.4) is 0 Å². The molecule has 0 atom stereocenters. The molecule has 90 valence electrons. The van der Waals surface area contributed by atoms with Crippen molar-refractivity contribution in [3.63, 3.8) is 0 Å². The van der Waals surface area contributed by atoms with Gasteiger partial charge in [-0.15, -0.1) is 0 Å². The summed E-state index contributed by atoms with van der Waals surface area (Å²) in [5.41, 5.74) is -0.333. The molecular weight excluding hydrogens is 251 g/mol. The maximum absolute atomic E-state index is 11.6. The van der Waals surface area contributed by atoms with Crippen LogP contribution in [-0.2, 0) is 11.3 Å². The molecule has 0 aliphatic heterocycles. The summed E-state index contributed by atoms with van der Waals surface area (Å²) in [5.74, 6) is 0. The summed E-state index contributed by atoms with van der Waals surface area (Å²) >= 11 is 11.3. The smallest absolute Gasteiger partial charge is 0.273 e. The fraction of sp³-hybridized carbons (Fsp3) is 0.600. The zero-order chi connectivity index (χ0) is 12.0. The second kappa shape index (κ2) is 6.89. The van der Waals surface area contributed by atoms with Gasteiger partial charge in [0.2, 0.25) is 0 Å². The molecule has 1 aromatic rings. The number of aromatic nitrogens is 2. The number of hydrogen-bond donors (Lipinski definition) is 0. The van der Waals surface area contributed by atoms with E-state index in [9.17, 15) is 4.79 Å². The molecule has 0 bridgehead atoms. The molecule has 16 heavy (non-hydrogen) atoms. The van der Waals surface area contributed by atoms with Crippen LogP contribution in [-0.4, -0.2) is 22.8 Å². The van der Waals surface area contributed by atoms with Gasteiger partial charge >= 0.3 is 0 Å². The van der Waals surface area contributed by atoms with E-state index in [-0.39, 0.29) is 15.7 Å². The Kier molecular flexibility index (Phi) is 5.80. The summed E-state index contributed by atoms with van der Waals surface area (Å²) in [6.45, 7) is 3.71.